The number of hydrogen-bond acceptors (Lipinski definition) is 6. The van der Waals surface area contributed by atoms with Crippen LogP contribution in [0.5, 0.6) is 5.75 Å². The normalized spacial score (nSPS) is 17.4. The minimum atomic E-state index is -0.547. The fourth-order valence-electron chi connectivity index (χ4n) is 3.42. The highest BCUT2D eigenvalue weighted by molar-refractivity contribution is 8.18. The standard InChI is InChI=1S/C23H18Cl4N2O5S/c24-15-2-1-13(7-16(15)25)12-34-21-17(26)8-14(9-18(21)27)10-19-22(31)29(23(32)35-19)11-20(30)28-3-5-33-6-4-28/h1-2,7-10H,3-6,11-12H2/b19-10+. The monoisotopic (exact) mass is 574 g/mol. The average Bonchev–Trinajstić information content (AvgIpc) is 3.08. The average molecular weight is 576 g/mol. The van der Waals surface area contributed by atoms with Crippen molar-refractivity contribution < 1.29 is 23.9 Å². The first kappa shape index (κ1) is 26.1. The van der Waals surface area contributed by atoms with Gasteiger partial charge in [-0.05, 0) is 53.2 Å². The number of carbonyl (C=O) groups excluding carboxylic acids is 3. The molecule has 0 N–H and O–H groups in total. The van der Waals surface area contributed by atoms with Gasteiger partial charge >= 0.3 is 0 Å². The van der Waals surface area contributed by atoms with Gasteiger partial charge in [0.25, 0.3) is 11.1 Å². The molecule has 2 aliphatic heterocycles. The Balaban J connectivity index is 1.45. The first-order valence-corrected chi connectivity index (χ1v) is 12.7. The van der Waals surface area contributed by atoms with E-state index in [4.69, 9.17) is 55.9 Å². The third-order valence-electron chi connectivity index (χ3n) is 5.22. The Morgan fingerprint density at radius 2 is 1.69 bits per heavy atom. The number of amides is 3. The zero-order valence-electron chi connectivity index (χ0n) is 18.1. The molecular weight excluding hydrogens is 558 g/mol. The van der Waals surface area contributed by atoms with Crippen molar-refractivity contribution in [3.8, 4) is 5.75 Å². The molecule has 2 heterocycles. The molecule has 0 aliphatic carbocycles. The molecule has 0 atom stereocenters. The maximum absolute atomic E-state index is 12.8. The fourth-order valence-corrected chi connectivity index (χ4v) is 5.19. The van der Waals surface area contributed by atoms with Crippen LogP contribution in [-0.2, 0) is 20.9 Å². The summed E-state index contributed by atoms with van der Waals surface area (Å²) in [5.74, 6) is -0.582. The molecule has 184 valence electrons. The predicted octanol–water partition coefficient (Wildman–Crippen LogP) is 5.77. The zero-order chi connectivity index (χ0) is 25.1. The van der Waals surface area contributed by atoms with Gasteiger partial charge in [0, 0.05) is 13.1 Å². The van der Waals surface area contributed by atoms with Crippen molar-refractivity contribution in [2.45, 2.75) is 6.61 Å². The van der Waals surface area contributed by atoms with E-state index in [0.29, 0.717) is 41.9 Å². The molecule has 2 fully saturated rings. The van der Waals surface area contributed by atoms with Gasteiger partial charge < -0.3 is 14.4 Å². The van der Waals surface area contributed by atoms with Crippen molar-refractivity contribution in [3.63, 3.8) is 0 Å². The lowest BCUT2D eigenvalue weighted by Crippen LogP contribution is -2.46. The van der Waals surface area contributed by atoms with Gasteiger partial charge in [0.15, 0.2) is 5.75 Å². The molecule has 0 unspecified atom stereocenters. The number of hydrogen-bond donors (Lipinski definition) is 0. The van der Waals surface area contributed by atoms with E-state index in [1.165, 1.54) is 6.08 Å². The molecule has 0 spiro atoms. The van der Waals surface area contributed by atoms with Crippen LogP contribution in [0.4, 0.5) is 4.79 Å². The Morgan fingerprint density at radius 1 is 1.00 bits per heavy atom. The second-order valence-corrected chi connectivity index (χ2v) is 10.2. The highest BCUT2D eigenvalue weighted by Gasteiger charge is 2.37. The van der Waals surface area contributed by atoms with Crippen LogP contribution in [0.1, 0.15) is 11.1 Å². The van der Waals surface area contributed by atoms with Gasteiger partial charge in [0.1, 0.15) is 13.2 Å². The summed E-state index contributed by atoms with van der Waals surface area (Å²) in [6.45, 7) is 1.57. The van der Waals surface area contributed by atoms with E-state index in [9.17, 15) is 14.4 Å². The van der Waals surface area contributed by atoms with E-state index < -0.39 is 11.1 Å². The van der Waals surface area contributed by atoms with E-state index in [0.717, 1.165) is 22.2 Å². The summed E-state index contributed by atoms with van der Waals surface area (Å²) in [4.78, 5) is 40.3. The number of ether oxygens (including phenoxy) is 2. The smallest absolute Gasteiger partial charge is 0.294 e. The minimum Gasteiger partial charge on any atom is -0.486 e. The molecule has 2 aliphatic rings. The molecule has 0 saturated carbocycles. The largest absolute Gasteiger partial charge is 0.486 e. The Kier molecular flexibility index (Phi) is 8.52. The quantitative estimate of drug-likeness (QED) is 0.407. The van der Waals surface area contributed by atoms with Crippen molar-refractivity contribution in [2.75, 3.05) is 32.8 Å². The number of rotatable bonds is 6. The number of carbonyl (C=O) groups is 3. The molecule has 12 heteroatoms. The molecule has 4 rings (SSSR count). The second-order valence-electron chi connectivity index (χ2n) is 7.61. The van der Waals surface area contributed by atoms with Gasteiger partial charge in [-0.25, -0.2) is 0 Å². The molecule has 2 saturated heterocycles. The maximum Gasteiger partial charge on any atom is 0.294 e. The van der Waals surface area contributed by atoms with Crippen LogP contribution in [0, 0.1) is 0 Å². The number of nitrogens with zero attached hydrogens (tertiary/aromatic N) is 2. The lowest BCUT2D eigenvalue weighted by atomic mass is 10.2. The van der Waals surface area contributed by atoms with E-state index in [2.05, 4.69) is 0 Å². The minimum absolute atomic E-state index is 0.158. The summed E-state index contributed by atoms with van der Waals surface area (Å²) in [5.41, 5.74) is 1.28. The van der Waals surface area contributed by atoms with Gasteiger partial charge in [-0.1, -0.05) is 52.5 Å². The van der Waals surface area contributed by atoms with E-state index in [-0.39, 0.29) is 39.8 Å². The molecular formula is C23H18Cl4N2O5S. The van der Waals surface area contributed by atoms with Gasteiger partial charge in [0.2, 0.25) is 5.91 Å². The fraction of sp³-hybridized carbons (Fsp3) is 0.261. The summed E-state index contributed by atoms with van der Waals surface area (Å²) < 4.78 is 11.0. The number of morpholine rings is 1. The highest BCUT2D eigenvalue weighted by atomic mass is 35.5. The molecule has 0 bridgehead atoms. The van der Waals surface area contributed by atoms with E-state index in [1.54, 1.807) is 35.2 Å². The van der Waals surface area contributed by atoms with Gasteiger partial charge in [0.05, 0.1) is 38.2 Å². The first-order valence-electron chi connectivity index (χ1n) is 10.4. The first-order chi connectivity index (χ1) is 16.7. The SMILES string of the molecule is O=C(CN1C(=O)S/C(=C/c2cc(Cl)c(OCc3ccc(Cl)c(Cl)c3)c(Cl)c2)C1=O)N1CCOCC1. The molecule has 2 aromatic carbocycles. The molecule has 0 radical (unpaired) electrons. The lowest BCUT2D eigenvalue weighted by Gasteiger charge is -2.28. The van der Waals surface area contributed by atoms with Crippen molar-refractivity contribution in [2.24, 2.45) is 0 Å². The van der Waals surface area contributed by atoms with Gasteiger partial charge in [-0.2, -0.15) is 0 Å². The summed E-state index contributed by atoms with van der Waals surface area (Å²) in [6, 6.07) is 8.26. The van der Waals surface area contributed by atoms with Crippen LogP contribution in [0.25, 0.3) is 6.08 Å². The van der Waals surface area contributed by atoms with Crippen molar-refractivity contribution in [1.29, 1.82) is 0 Å². The Labute approximate surface area is 225 Å². The van der Waals surface area contributed by atoms with Crippen LogP contribution in [0.2, 0.25) is 20.1 Å². The van der Waals surface area contributed by atoms with Crippen molar-refractivity contribution in [1.82, 2.24) is 9.80 Å². The van der Waals surface area contributed by atoms with Crippen molar-refractivity contribution in [3.05, 3.63) is 66.5 Å². The lowest BCUT2D eigenvalue weighted by molar-refractivity contribution is -0.139. The zero-order valence-corrected chi connectivity index (χ0v) is 21.9. The van der Waals surface area contributed by atoms with E-state index in [1.807, 2.05) is 0 Å². The third-order valence-corrected chi connectivity index (χ3v) is 7.42. The maximum atomic E-state index is 12.8. The summed E-state index contributed by atoms with van der Waals surface area (Å²) in [5, 5.41) is 0.782. The molecule has 35 heavy (non-hydrogen) atoms. The number of benzene rings is 2. The van der Waals surface area contributed by atoms with Gasteiger partial charge in [-0.15, -0.1) is 0 Å². The third kappa shape index (κ3) is 6.25. The molecule has 7 nitrogen and oxygen atoms in total. The van der Waals surface area contributed by atoms with E-state index >= 15 is 0 Å². The van der Waals surface area contributed by atoms with Crippen LogP contribution in [0.15, 0.2) is 35.2 Å². The van der Waals surface area contributed by atoms with Crippen LogP contribution >= 0.6 is 58.2 Å². The molecule has 3 amide bonds. The van der Waals surface area contributed by atoms with Crippen molar-refractivity contribution >= 4 is 81.3 Å². The number of halogens is 4. The Bertz CT molecular complexity index is 1190. The van der Waals surface area contributed by atoms with Crippen LogP contribution in [-0.4, -0.2) is 59.7 Å². The number of thioether (sulfide) groups is 1. The highest BCUT2D eigenvalue weighted by Crippen LogP contribution is 2.38. The van der Waals surface area contributed by atoms with Gasteiger partial charge in [-0.3, -0.25) is 19.3 Å². The Morgan fingerprint density at radius 3 is 2.34 bits per heavy atom. The van der Waals surface area contributed by atoms with Crippen LogP contribution in [0.3, 0.4) is 0 Å². The Hall–Kier alpha value is -1.94. The molecule has 2 aromatic rings. The molecule has 0 aromatic heterocycles. The second kappa shape index (κ2) is 11.4. The summed E-state index contributed by atoms with van der Waals surface area (Å²) >= 11 is 25.5. The predicted molar refractivity (Wildman–Crippen MR) is 137 cm³/mol. The van der Waals surface area contributed by atoms with Crippen LogP contribution < -0.4 is 4.74 Å². The number of imide groups is 1. The summed E-state index contributed by atoms with van der Waals surface area (Å²) in [7, 11) is 0. The topological polar surface area (TPSA) is 76.2 Å². The summed E-state index contributed by atoms with van der Waals surface area (Å²) in [6.07, 6.45) is 1.50.